The summed E-state index contributed by atoms with van der Waals surface area (Å²) in [7, 11) is 0. The molecule has 0 spiro atoms. The first-order valence-corrected chi connectivity index (χ1v) is 11.8. The molecule has 0 bridgehead atoms. The van der Waals surface area contributed by atoms with Crippen LogP contribution in [0.3, 0.4) is 0 Å². The van der Waals surface area contributed by atoms with Crippen molar-refractivity contribution in [2.75, 3.05) is 18.8 Å². The number of nitrogens with zero attached hydrogens (tertiary/aromatic N) is 4. The van der Waals surface area contributed by atoms with Crippen molar-refractivity contribution < 1.29 is 4.79 Å². The summed E-state index contributed by atoms with van der Waals surface area (Å²) in [4.78, 5) is 23.7. The maximum absolute atomic E-state index is 12.4. The number of aromatic nitrogens is 3. The lowest BCUT2D eigenvalue weighted by Gasteiger charge is -2.35. The zero-order valence-corrected chi connectivity index (χ0v) is 19.2. The minimum atomic E-state index is -0.0388. The van der Waals surface area contributed by atoms with E-state index in [0.29, 0.717) is 29.5 Å². The maximum Gasteiger partial charge on any atom is 0.251 e. The molecule has 0 radical (unpaired) electrons. The fourth-order valence-corrected chi connectivity index (χ4v) is 4.54. The van der Waals surface area contributed by atoms with Gasteiger partial charge in [0.15, 0.2) is 0 Å². The Morgan fingerprint density at radius 3 is 2.67 bits per heavy atom. The van der Waals surface area contributed by atoms with Crippen LogP contribution in [0.2, 0.25) is 0 Å². The van der Waals surface area contributed by atoms with Gasteiger partial charge in [-0.2, -0.15) is 0 Å². The molecule has 5 rings (SSSR count). The number of hydrogen-bond donors (Lipinski definition) is 2. The third-order valence-electron chi connectivity index (χ3n) is 6.64. The Bertz CT molecular complexity index is 1240. The number of carbonyl (C=O) groups is 1. The molecule has 7 nitrogen and oxygen atoms in total. The summed E-state index contributed by atoms with van der Waals surface area (Å²) in [5, 5.41) is 3.83. The topological polar surface area (TPSA) is 89.1 Å². The molecule has 33 heavy (non-hydrogen) atoms. The summed E-state index contributed by atoms with van der Waals surface area (Å²) in [5.41, 5.74) is 9.34. The third kappa shape index (κ3) is 4.57. The summed E-state index contributed by atoms with van der Waals surface area (Å²) in [6.07, 6.45) is 7.86. The lowest BCUT2D eigenvalue weighted by Crippen LogP contribution is -2.38. The van der Waals surface area contributed by atoms with E-state index in [4.69, 9.17) is 5.73 Å². The normalized spacial score (nSPS) is 17.2. The lowest BCUT2D eigenvalue weighted by molar-refractivity contribution is 0.0951. The van der Waals surface area contributed by atoms with Crippen LogP contribution in [0.25, 0.3) is 11.0 Å². The number of carbonyl (C=O) groups excluding carboxylic acids is 1. The Balaban J connectivity index is 1.44. The first-order chi connectivity index (χ1) is 16.0. The van der Waals surface area contributed by atoms with Crippen molar-refractivity contribution >= 4 is 22.8 Å². The quantitative estimate of drug-likeness (QED) is 0.605. The number of nitrogens with one attached hydrogen (secondary N) is 1. The molecule has 2 aromatic heterocycles. The molecule has 0 unspecified atom stereocenters. The molecule has 1 aliphatic heterocycles. The third-order valence-corrected chi connectivity index (χ3v) is 6.64. The minimum absolute atomic E-state index is 0.0388. The van der Waals surface area contributed by atoms with Crippen molar-refractivity contribution in [1.29, 1.82) is 0 Å². The monoisotopic (exact) mass is 442 g/mol. The zero-order valence-electron chi connectivity index (χ0n) is 19.2. The largest absolute Gasteiger partial charge is 0.383 e. The summed E-state index contributed by atoms with van der Waals surface area (Å²) < 4.78 is 2.23. The first kappa shape index (κ1) is 21.5. The molecule has 2 aliphatic rings. The zero-order chi connectivity index (χ0) is 22.9. The molecule has 0 atom stereocenters. The second kappa shape index (κ2) is 8.87. The smallest absolute Gasteiger partial charge is 0.251 e. The number of amides is 1. The van der Waals surface area contributed by atoms with E-state index < -0.39 is 0 Å². The van der Waals surface area contributed by atoms with Crippen LogP contribution in [0.5, 0.6) is 0 Å². The predicted octanol–water partition coefficient (Wildman–Crippen LogP) is 3.35. The van der Waals surface area contributed by atoms with Crippen molar-refractivity contribution in [2.24, 2.45) is 0 Å². The van der Waals surface area contributed by atoms with Crippen LogP contribution in [0.1, 0.15) is 67.1 Å². The Kier molecular flexibility index (Phi) is 5.77. The molecule has 7 heteroatoms. The van der Waals surface area contributed by atoms with Crippen LogP contribution in [-0.2, 0) is 0 Å². The van der Waals surface area contributed by atoms with Crippen molar-refractivity contribution in [3.05, 3.63) is 53.5 Å². The van der Waals surface area contributed by atoms with Crippen LogP contribution in [-0.4, -0.2) is 50.5 Å². The van der Waals surface area contributed by atoms with Crippen LogP contribution in [0, 0.1) is 11.8 Å². The number of rotatable bonds is 4. The molecule has 170 valence electrons. The highest BCUT2D eigenvalue weighted by molar-refractivity contribution is 5.95. The predicted molar refractivity (Wildman–Crippen MR) is 130 cm³/mol. The first-order valence-electron chi connectivity index (χ1n) is 11.8. The number of anilines is 1. The van der Waals surface area contributed by atoms with Crippen molar-refractivity contribution in [3.8, 4) is 11.8 Å². The highest BCUT2D eigenvalue weighted by atomic mass is 16.1. The summed E-state index contributed by atoms with van der Waals surface area (Å²) in [6.45, 7) is 6.63. The fraction of sp³-hybridized carbons (Fsp3) is 0.423. The van der Waals surface area contributed by atoms with Crippen LogP contribution in [0.15, 0.2) is 36.8 Å². The van der Waals surface area contributed by atoms with Crippen LogP contribution >= 0.6 is 0 Å². The van der Waals surface area contributed by atoms with Gasteiger partial charge in [0.25, 0.3) is 5.91 Å². The van der Waals surface area contributed by atoms with Gasteiger partial charge >= 0.3 is 0 Å². The van der Waals surface area contributed by atoms with E-state index in [1.807, 2.05) is 24.3 Å². The minimum Gasteiger partial charge on any atom is -0.383 e. The average Bonchev–Trinajstić information content (AvgIpc) is 3.56. The number of likely N-dealkylation sites (tertiary alicyclic amines) is 1. The second-order valence-electron chi connectivity index (χ2n) is 9.35. The van der Waals surface area contributed by atoms with E-state index in [-0.39, 0.29) is 5.91 Å². The van der Waals surface area contributed by atoms with E-state index in [2.05, 4.69) is 56.6 Å². The standard InChI is InChI=1S/C26H30N6O/c1-17(2)31-12-10-22(11-13-31)32-15-20(23-24(27)28-16-29-25(23)32)7-6-18-4-3-5-19(14-18)26(33)30-21-8-9-21/h3-5,14-17,21-22H,8-13H2,1-2H3,(H,30,33)(H2,27,28,29). The molecular formula is C26H30N6O. The number of fused-ring (bicyclic) bond motifs is 1. The molecule has 3 aromatic rings. The van der Waals surface area contributed by atoms with Crippen molar-refractivity contribution in [3.63, 3.8) is 0 Å². The summed E-state index contributed by atoms with van der Waals surface area (Å²) in [6, 6.07) is 8.70. The van der Waals surface area contributed by atoms with Gasteiger partial charge in [-0.05, 0) is 57.7 Å². The lowest BCUT2D eigenvalue weighted by atomic mass is 10.0. The van der Waals surface area contributed by atoms with Gasteiger partial charge in [0.2, 0.25) is 0 Å². The van der Waals surface area contributed by atoms with Crippen LogP contribution < -0.4 is 11.1 Å². The summed E-state index contributed by atoms with van der Waals surface area (Å²) in [5.74, 6) is 6.90. The van der Waals surface area contributed by atoms with Crippen molar-refractivity contribution in [1.82, 2.24) is 24.8 Å². The van der Waals surface area contributed by atoms with Gasteiger partial charge < -0.3 is 20.5 Å². The summed E-state index contributed by atoms with van der Waals surface area (Å²) >= 11 is 0. The highest BCUT2D eigenvalue weighted by Crippen LogP contribution is 2.31. The van der Waals surface area contributed by atoms with Gasteiger partial charge in [-0.3, -0.25) is 4.79 Å². The van der Waals surface area contributed by atoms with Gasteiger partial charge in [-0.1, -0.05) is 17.9 Å². The van der Waals surface area contributed by atoms with Gasteiger partial charge in [-0.15, -0.1) is 0 Å². The number of benzene rings is 1. The Morgan fingerprint density at radius 2 is 1.94 bits per heavy atom. The maximum atomic E-state index is 12.4. The van der Waals surface area contributed by atoms with E-state index >= 15 is 0 Å². The Morgan fingerprint density at radius 1 is 1.15 bits per heavy atom. The molecule has 3 N–H and O–H groups in total. The van der Waals surface area contributed by atoms with E-state index in [9.17, 15) is 4.79 Å². The molecule has 1 saturated carbocycles. The van der Waals surface area contributed by atoms with Gasteiger partial charge in [0.05, 0.1) is 10.9 Å². The fourth-order valence-electron chi connectivity index (χ4n) is 4.54. The Hall–Kier alpha value is -3.37. The molecule has 1 aliphatic carbocycles. The molecule has 1 amide bonds. The second-order valence-corrected chi connectivity index (χ2v) is 9.35. The van der Waals surface area contributed by atoms with E-state index in [1.54, 1.807) is 0 Å². The van der Waals surface area contributed by atoms with Crippen LogP contribution in [0.4, 0.5) is 5.82 Å². The molecular weight excluding hydrogens is 412 g/mol. The van der Waals surface area contributed by atoms with Gasteiger partial charge in [-0.25, -0.2) is 9.97 Å². The number of hydrogen-bond acceptors (Lipinski definition) is 5. The van der Waals surface area contributed by atoms with E-state index in [0.717, 1.165) is 60.9 Å². The van der Waals surface area contributed by atoms with E-state index in [1.165, 1.54) is 6.33 Å². The number of nitrogen functional groups attached to an aromatic ring is 1. The number of piperidine rings is 1. The molecule has 2 fully saturated rings. The molecule has 1 aromatic carbocycles. The molecule has 3 heterocycles. The van der Waals surface area contributed by atoms with Crippen molar-refractivity contribution in [2.45, 2.75) is 57.7 Å². The Labute approximate surface area is 194 Å². The van der Waals surface area contributed by atoms with Gasteiger partial charge in [0.1, 0.15) is 17.8 Å². The van der Waals surface area contributed by atoms with Gasteiger partial charge in [0, 0.05) is 48.5 Å². The average molecular weight is 443 g/mol. The highest BCUT2D eigenvalue weighted by Gasteiger charge is 2.25. The SMILES string of the molecule is CC(C)N1CCC(n2cc(C#Cc3cccc(C(=O)NC4CC4)c3)c3c(N)ncnc32)CC1. The number of nitrogens with two attached hydrogens (primary N) is 1. The molecule has 1 saturated heterocycles.